The average Bonchev–Trinajstić information content (AvgIpc) is 3.55. The molecule has 1 spiro atoms. The van der Waals surface area contributed by atoms with Crippen LogP contribution in [0.5, 0.6) is 0 Å². The number of piperidine rings is 1. The summed E-state index contributed by atoms with van der Waals surface area (Å²) in [6.45, 7) is 9.91. The summed E-state index contributed by atoms with van der Waals surface area (Å²) in [6.07, 6.45) is 17.2. The van der Waals surface area contributed by atoms with Crippen molar-refractivity contribution in [1.29, 1.82) is 0 Å². The highest BCUT2D eigenvalue weighted by Gasteiger charge is 2.62. The van der Waals surface area contributed by atoms with Crippen molar-refractivity contribution >= 4 is 29.6 Å². The molecule has 61 heavy (non-hydrogen) atoms. The van der Waals surface area contributed by atoms with Gasteiger partial charge in [0.2, 0.25) is 17.7 Å². The zero-order valence-electron chi connectivity index (χ0n) is 36.9. The van der Waals surface area contributed by atoms with Crippen LogP contribution in [-0.2, 0) is 30.4 Å². The van der Waals surface area contributed by atoms with E-state index in [1.54, 1.807) is 23.2 Å². The fourth-order valence-electron chi connectivity index (χ4n) is 11.2. The van der Waals surface area contributed by atoms with E-state index in [0.29, 0.717) is 62.3 Å². The monoisotopic (exact) mass is 841 g/mol. The third kappa shape index (κ3) is 9.56. The van der Waals surface area contributed by atoms with E-state index in [4.69, 9.17) is 9.47 Å². The number of ether oxygens (including phenoxy) is 2. The number of amides is 4. The summed E-state index contributed by atoms with van der Waals surface area (Å²) < 4.78 is 13.3. The number of carbonyl (C=O) groups excluding carboxylic acids is 5. The molecule has 0 radical (unpaired) electrons. The number of hydrogen-bond acceptors (Lipinski definition) is 8. The lowest BCUT2D eigenvalue weighted by Gasteiger charge is -2.50. The first-order chi connectivity index (χ1) is 29.3. The Kier molecular flexibility index (Phi) is 13.0. The number of hydrogen-bond donors (Lipinski definition) is 1. The van der Waals surface area contributed by atoms with E-state index < -0.39 is 23.5 Å². The Labute approximate surface area is 361 Å². The van der Waals surface area contributed by atoms with E-state index in [9.17, 15) is 24.0 Å². The van der Waals surface area contributed by atoms with Crippen LogP contribution in [0.1, 0.15) is 136 Å². The highest BCUT2D eigenvalue weighted by Crippen LogP contribution is 2.54. The molecule has 4 amide bonds. The number of methoxy groups -OCH3 is 1. The third-order valence-electron chi connectivity index (χ3n) is 15.4. The molecule has 8 rings (SSSR count). The van der Waals surface area contributed by atoms with Crippen LogP contribution in [0.4, 0.5) is 0 Å². The lowest BCUT2D eigenvalue weighted by atomic mass is 9.70. The van der Waals surface area contributed by atoms with Crippen molar-refractivity contribution < 1.29 is 33.4 Å². The van der Waals surface area contributed by atoms with Gasteiger partial charge in [-0.05, 0) is 92.7 Å². The molecule has 3 aliphatic carbocycles. The van der Waals surface area contributed by atoms with Gasteiger partial charge in [0.15, 0.2) is 0 Å². The van der Waals surface area contributed by atoms with Gasteiger partial charge in [-0.3, -0.25) is 23.9 Å². The molecule has 0 unspecified atom stereocenters. The Morgan fingerprint density at radius 1 is 0.803 bits per heavy atom. The lowest BCUT2D eigenvalue weighted by Crippen LogP contribution is -2.65. The Balaban J connectivity index is 0.976. The molecule has 1 aromatic heterocycles. The second-order valence-electron chi connectivity index (χ2n) is 20.2. The number of carbonyl (C=O) groups is 5. The van der Waals surface area contributed by atoms with Gasteiger partial charge in [-0.15, -0.1) is 0 Å². The van der Waals surface area contributed by atoms with E-state index >= 15 is 0 Å². The van der Waals surface area contributed by atoms with Gasteiger partial charge < -0.3 is 29.5 Å². The summed E-state index contributed by atoms with van der Waals surface area (Å²) >= 11 is 0. The summed E-state index contributed by atoms with van der Waals surface area (Å²) in [5.74, 6) is -0.212. The zero-order chi connectivity index (χ0) is 42.9. The van der Waals surface area contributed by atoms with Crippen molar-refractivity contribution in [3.63, 3.8) is 0 Å². The Bertz CT molecular complexity index is 1900. The van der Waals surface area contributed by atoms with Crippen molar-refractivity contribution in [2.45, 2.75) is 129 Å². The molecule has 2 aromatic rings. The molecule has 13 nitrogen and oxygen atoms in total. The Morgan fingerprint density at radius 3 is 2.05 bits per heavy atom. The summed E-state index contributed by atoms with van der Waals surface area (Å²) in [7, 11) is 1.37. The van der Waals surface area contributed by atoms with Crippen LogP contribution in [0.25, 0.3) is 0 Å². The van der Waals surface area contributed by atoms with Gasteiger partial charge in [-0.2, -0.15) is 5.10 Å². The van der Waals surface area contributed by atoms with Crippen LogP contribution < -0.4 is 5.32 Å². The van der Waals surface area contributed by atoms with E-state index in [1.807, 2.05) is 39.7 Å². The van der Waals surface area contributed by atoms with Crippen molar-refractivity contribution in [3.8, 4) is 0 Å². The van der Waals surface area contributed by atoms with Gasteiger partial charge in [0, 0.05) is 69.9 Å². The topological polar surface area (TPSA) is 143 Å². The number of benzene rings is 1. The minimum absolute atomic E-state index is 0.0150. The molecule has 332 valence electrons. The minimum atomic E-state index is -0.906. The largest absolute Gasteiger partial charge is 0.465 e. The van der Waals surface area contributed by atoms with Gasteiger partial charge in [-0.1, -0.05) is 64.5 Å². The van der Waals surface area contributed by atoms with Crippen LogP contribution in [0.2, 0.25) is 0 Å². The van der Waals surface area contributed by atoms with Gasteiger partial charge in [-0.25, -0.2) is 4.79 Å². The fourth-order valence-corrected chi connectivity index (χ4v) is 11.2. The highest BCUT2D eigenvalue weighted by molar-refractivity contribution is 5.96. The lowest BCUT2D eigenvalue weighted by molar-refractivity contribution is -0.153. The van der Waals surface area contributed by atoms with Crippen molar-refractivity contribution in [2.75, 3.05) is 53.0 Å². The molecule has 6 aliphatic rings. The molecular weight excluding hydrogens is 773 g/mol. The average molecular weight is 841 g/mol. The molecular formula is C48H68N6O7. The quantitative estimate of drug-likeness (QED) is 0.240. The van der Waals surface area contributed by atoms with Gasteiger partial charge in [0.05, 0.1) is 36.5 Å². The van der Waals surface area contributed by atoms with Crippen LogP contribution in [-0.4, -0.2) is 119 Å². The number of esters is 1. The molecule has 1 aromatic carbocycles. The second-order valence-corrected chi connectivity index (χ2v) is 20.2. The van der Waals surface area contributed by atoms with Crippen LogP contribution in [0, 0.1) is 34.5 Å². The number of rotatable bonds is 13. The zero-order valence-corrected chi connectivity index (χ0v) is 36.9. The van der Waals surface area contributed by atoms with E-state index in [-0.39, 0.29) is 53.4 Å². The van der Waals surface area contributed by atoms with Crippen molar-refractivity contribution in [3.05, 3.63) is 53.3 Å². The maximum absolute atomic E-state index is 14.8. The summed E-state index contributed by atoms with van der Waals surface area (Å²) in [6, 6.07) is 6.60. The summed E-state index contributed by atoms with van der Waals surface area (Å²) in [4.78, 5) is 74.7. The Hall–Kier alpha value is -4.26. The predicted molar refractivity (Wildman–Crippen MR) is 229 cm³/mol. The van der Waals surface area contributed by atoms with Gasteiger partial charge in [0.1, 0.15) is 6.04 Å². The fraction of sp³-hybridized carbons (Fsp3) is 0.708. The number of nitrogens with one attached hydrogen (secondary N) is 1. The molecule has 1 N–H and O–H groups in total. The minimum Gasteiger partial charge on any atom is -0.465 e. The molecule has 3 saturated heterocycles. The van der Waals surface area contributed by atoms with Crippen LogP contribution >= 0.6 is 0 Å². The van der Waals surface area contributed by atoms with E-state index in [2.05, 4.69) is 24.3 Å². The molecule has 3 aliphatic heterocycles. The van der Waals surface area contributed by atoms with E-state index in [0.717, 1.165) is 44.2 Å². The van der Waals surface area contributed by atoms with Crippen molar-refractivity contribution in [2.24, 2.45) is 34.5 Å². The Morgan fingerprint density at radius 2 is 1.43 bits per heavy atom. The standard InChI is InChI=1S/C48H68N6O7/c1-32(61-28-34-13-9-6-10-14-34)41(45(58)51-21-19-36(20-22-51)35-15-17-37(18-16-35)46(59)60-4)50-42(55)40-27-52(29-48(40)30-53(31-48)44(57)39-23-47(39,2)3)43(56)38-24-49-54(26-38)25-33-11-7-5-8-12-33/h15-18,24,26,32-34,36,39-41H,5-14,19-23,25,27-31H2,1-4H3,(H,50,55)/t32-,39-,40+,41+/m1/s1. The number of aromatic nitrogens is 2. The molecule has 3 saturated carbocycles. The van der Waals surface area contributed by atoms with E-state index in [1.165, 1.54) is 58.5 Å². The van der Waals surface area contributed by atoms with Gasteiger partial charge in [0.25, 0.3) is 5.91 Å². The smallest absolute Gasteiger partial charge is 0.337 e. The maximum Gasteiger partial charge on any atom is 0.337 e. The summed E-state index contributed by atoms with van der Waals surface area (Å²) in [5.41, 5.74) is 1.50. The summed E-state index contributed by atoms with van der Waals surface area (Å²) in [5, 5.41) is 7.79. The van der Waals surface area contributed by atoms with Crippen molar-refractivity contribution in [1.82, 2.24) is 29.8 Å². The SMILES string of the molecule is COC(=O)c1ccc(C2CCN(C(=O)[C@@H](NC(=O)[C@@H]3CN(C(=O)c4cnn(CC5CCCCC5)c4)CC34CN(C(=O)[C@H]3CC3(C)C)C4)[C@@H](C)OCC3CCCCC3)CC2)cc1. The second kappa shape index (κ2) is 18.2. The maximum atomic E-state index is 14.8. The van der Waals surface area contributed by atoms with Gasteiger partial charge >= 0.3 is 5.97 Å². The normalized spacial score (nSPS) is 25.1. The molecule has 0 bridgehead atoms. The molecule has 4 atom stereocenters. The third-order valence-corrected chi connectivity index (χ3v) is 15.4. The first-order valence-electron chi connectivity index (χ1n) is 23.3. The highest BCUT2D eigenvalue weighted by atomic mass is 16.5. The first-order valence-corrected chi connectivity index (χ1v) is 23.3. The first kappa shape index (κ1) is 43.4. The van der Waals surface area contributed by atoms with Crippen LogP contribution in [0.3, 0.4) is 0 Å². The molecule has 13 heteroatoms. The number of nitrogens with zero attached hydrogens (tertiary/aromatic N) is 5. The molecule has 6 fully saturated rings. The number of likely N-dealkylation sites (tertiary alicyclic amines) is 3. The molecule has 4 heterocycles. The van der Waals surface area contributed by atoms with Crippen LogP contribution in [0.15, 0.2) is 36.7 Å². The predicted octanol–water partition coefficient (Wildman–Crippen LogP) is 6.07.